The van der Waals surface area contributed by atoms with E-state index in [9.17, 15) is 14.4 Å². The van der Waals surface area contributed by atoms with Crippen molar-refractivity contribution in [2.45, 2.75) is 20.0 Å². The first-order valence-electron chi connectivity index (χ1n) is 7.96. The molecule has 1 N–H and O–H groups in total. The third-order valence-corrected chi connectivity index (χ3v) is 3.80. The SMILES string of the molecule is CC(=O)c1cccc(NC(=O)C(C)OC(=O)c2ccc3c(c2)OCO3)c1. The topological polar surface area (TPSA) is 90.9 Å². The molecular formula is C19H17NO6. The van der Waals surface area contributed by atoms with Gasteiger partial charge in [-0.1, -0.05) is 12.1 Å². The van der Waals surface area contributed by atoms with Crippen LogP contribution in [0, 0.1) is 0 Å². The molecule has 3 rings (SSSR count). The van der Waals surface area contributed by atoms with E-state index < -0.39 is 18.0 Å². The van der Waals surface area contributed by atoms with Crippen molar-refractivity contribution >= 4 is 23.3 Å². The lowest BCUT2D eigenvalue weighted by molar-refractivity contribution is -0.123. The number of amides is 1. The van der Waals surface area contributed by atoms with Crippen molar-refractivity contribution in [1.82, 2.24) is 0 Å². The molecule has 26 heavy (non-hydrogen) atoms. The van der Waals surface area contributed by atoms with Gasteiger partial charge >= 0.3 is 5.97 Å². The minimum absolute atomic E-state index is 0.103. The summed E-state index contributed by atoms with van der Waals surface area (Å²) in [4.78, 5) is 35.8. The number of ketones is 1. The van der Waals surface area contributed by atoms with E-state index in [1.54, 1.807) is 30.3 Å². The van der Waals surface area contributed by atoms with Gasteiger partial charge in [-0.05, 0) is 44.2 Å². The molecule has 2 aromatic carbocycles. The van der Waals surface area contributed by atoms with Crippen LogP contribution in [0.4, 0.5) is 5.69 Å². The van der Waals surface area contributed by atoms with Crippen molar-refractivity contribution in [3.63, 3.8) is 0 Å². The molecule has 0 aromatic heterocycles. The third-order valence-electron chi connectivity index (χ3n) is 3.80. The van der Waals surface area contributed by atoms with E-state index in [2.05, 4.69) is 5.32 Å². The predicted molar refractivity (Wildman–Crippen MR) is 92.5 cm³/mol. The number of rotatable bonds is 5. The van der Waals surface area contributed by atoms with Crippen molar-refractivity contribution in [2.75, 3.05) is 12.1 Å². The van der Waals surface area contributed by atoms with Crippen LogP contribution in [0.5, 0.6) is 11.5 Å². The Kier molecular flexibility index (Phi) is 4.88. The number of benzene rings is 2. The van der Waals surface area contributed by atoms with Gasteiger partial charge in [0.15, 0.2) is 23.4 Å². The second-order valence-corrected chi connectivity index (χ2v) is 5.74. The number of fused-ring (bicyclic) bond motifs is 1. The molecule has 0 saturated heterocycles. The Bertz CT molecular complexity index is 876. The van der Waals surface area contributed by atoms with Crippen LogP contribution in [0.15, 0.2) is 42.5 Å². The van der Waals surface area contributed by atoms with Crippen molar-refractivity contribution < 1.29 is 28.6 Å². The smallest absolute Gasteiger partial charge is 0.339 e. The Labute approximate surface area is 149 Å². The second kappa shape index (κ2) is 7.26. The van der Waals surface area contributed by atoms with Crippen LogP contribution in [-0.2, 0) is 9.53 Å². The maximum absolute atomic E-state index is 12.2. The van der Waals surface area contributed by atoms with E-state index in [1.807, 2.05) is 0 Å². The molecule has 1 amide bonds. The molecule has 0 spiro atoms. The summed E-state index contributed by atoms with van der Waals surface area (Å²) in [5.41, 5.74) is 1.19. The summed E-state index contributed by atoms with van der Waals surface area (Å²) in [6.07, 6.45) is -1.02. The summed E-state index contributed by atoms with van der Waals surface area (Å²) in [5.74, 6) is -0.248. The maximum Gasteiger partial charge on any atom is 0.339 e. The summed E-state index contributed by atoms with van der Waals surface area (Å²) in [6, 6.07) is 11.2. The molecule has 1 heterocycles. The fraction of sp³-hybridized carbons (Fsp3) is 0.211. The molecule has 2 aromatic rings. The Balaban J connectivity index is 1.63. The van der Waals surface area contributed by atoms with Crippen LogP contribution in [-0.4, -0.2) is 30.6 Å². The zero-order valence-corrected chi connectivity index (χ0v) is 14.3. The second-order valence-electron chi connectivity index (χ2n) is 5.74. The number of esters is 1. The average Bonchev–Trinajstić information content (AvgIpc) is 3.09. The lowest BCUT2D eigenvalue weighted by atomic mass is 10.1. The molecule has 134 valence electrons. The van der Waals surface area contributed by atoms with Gasteiger partial charge in [-0.25, -0.2) is 4.79 Å². The first-order valence-corrected chi connectivity index (χ1v) is 7.96. The maximum atomic E-state index is 12.2. The summed E-state index contributed by atoms with van der Waals surface area (Å²) in [6.45, 7) is 3.01. The summed E-state index contributed by atoms with van der Waals surface area (Å²) in [7, 11) is 0. The zero-order chi connectivity index (χ0) is 18.7. The van der Waals surface area contributed by atoms with Gasteiger partial charge in [0.25, 0.3) is 5.91 Å². The van der Waals surface area contributed by atoms with E-state index in [0.717, 1.165) is 0 Å². The minimum Gasteiger partial charge on any atom is -0.454 e. The molecule has 0 fully saturated rings. The summed E-state index contributed by atoms with van der Waals surface area (Å²) >= 11 is 0. The Morgan fingerprint density at radius 3 is 2.58 bits per heavy atom. The molecule has 0 radical (unpaired) electrons. The number of hydrogen-bond acceptors (Lipinski definition) is 6. The third kappa shape index (κ3) is 3.83. The number of carbonyl (C=O) groups is 3. The fourth-order valence-corrected chi connectivity index (χ4v) is 2.37. The average molecular weight is 355 g/mol. The van der Waals surface area contributed by atoms with Crippen LogP contribution < -0.4 is 14.8 Å². The number of nitrogens with one attached hydrogen (secondary N) is 1. The highest BCUT2D eigenvalue weighted by Crippen LogP contribution is 2.32. The van der Waals surface area contributed by atoms with Crippen molar-refractivity contribution in [1.29, 1.82) is 0 Å². The number of hydrogen-bond donors (Lipinski definition) is 1. The molecular weight excluding hydrogens is 338 g/mol. The van der Waals surface area contributed by atoms with Gasteiger partial charge in [-0.2, -0.15) is 0 Å². The predicted octanol–water partition coefficient (Wildman–Crippen LogP) is 2.80. The first-order chi connectivity index (χ1) is 12.4. The Morgan fingerprint density at radius 1 is 1.04 bits per heavy atom. The first kappa shape index (κ1) is 17.5. The van der Waals surface area contributed by atoms with E-state index >= 15 is 0 Å². The van der Waals surface area contributed by atoms with E-state index in [0.29, 0.717) is 22.7 Å². The standard InChI is InChI=1S/C19H17NO6/c1-11(21)13-4-3-5-15(8-13)20-18(22)12(2)26-19(23)14-6-7-16-17(9-14)25-10-24-16/h3-9,12H,10H2,1-2H3,(H,20,22). The molecule has 7 nitrogen and oxygen atoms in total. The molecule has 0 bridgehead atoms. The van der Waals surface area contributed by atoms with Crippen LogP contribution in [0.25, 0.3) is 0 Å². The molecule has 0 saturated carbocycles. The molecule has 7 heteroatoms. The molecule has 1 aliphatic rings. The number of anilines is 1. The van der Waals surface area contributed by atoms with E-state index in [-0.39, 0.29) is 18.1 Å². The van der Waals surface area contributed by atoms with Gasteiger partial charge in [0.2, 0.25) is 6.79 Å². The summed E-state index contributed by atoms with van der Waals surface area (Å²) in [5, 5.41) is 2.62. The van der Waals surface area contributed by atoms with Crippen molar-refractivity contribution in [3.05, 3.63) is 53.6 Å². The minimum atomic E-state index is -1.02. The number of Topliss-reactive ketones (excluding diaryl/α,β-unsaturated/α-hetero) is 1. The van der Waals surface area contributed by atoms with Gasteiger partial charge in [0, 0.05) is 11.3 Å². The van der Waals surface area contributed by atoms with Gasteiger partial charge in [0.05, 0.1) is 5.56 Å². The van der Waals surface area contributed by atoms with Crippen LogP contribution in [0.1, 0.15) is 34.6 Å². The highest BCUT2D eigenvalue weighted by Gasteiger charge is 2.22. The van der Waals surface area contributed by atoms with Gasteiger partial charge in [-0.3, -0.25) is 9.59 Å². The quantitative estimate of drug-likeness (QED) is 0.655. The highest BCUT2D eigenvalue weighted by molar-refractivity contribution is 5.99. The van der Waals surface area contributed by atoms with Crippen LogP contribution in [0.3, 0.4) is 0 Å². The fourth-order valence-electron chi connectivity index (χ4n) is 2.37. The molecule has 0 aliphatic carbocycles. The number of carbonyl (C=O) groups excluding carboxylic acids is 3. The largest absolute Gasteiger partial charge is 0.454 e. The summed E-state index contributed by atoms with van der Waals surface area (Å²) < 4.78 is 15.6. The van der Waals surface area contributed by atoms with E-state index in [4.69, 9.17) is 14.2 Å². The molecule has 1 unspecified atom stereocenters. The normalized spacial score (nSPS) is 13.0. The Morgan fingerprint density at radius 2 is 1.81 bits per heavy atom. The van der Waals surface area contributed by atoms with Crippen molar-refractivity contribution in [2.24, 2.45) is 0 Å². The zero-order valence-electron chi connectivity index (χ0n) is 14.3. The number of ether oxygens (including phenoxy) is 3. The van der Waals surface area contributed by atoms with Crippen LogP contribution >= 0.6 is 0 Å². The monoisotopic (exact) mass is 355 g/mol. The molecule has 1 aliphatic heterocycles. The highest BCUT2D eigenvalue weighted by atomic mass is 16.7. The van der Waals surface area contributed by atoms with Gasteiger partial charge in [-0.15, -0.1) is 0 Å². The van der Waals surface area contributed by atoms with Gasteiger partial charge < -0.3 is 19.5 Å². The Hall–Kier alpha value is -3.35. The molecule has 1 atom stereocenters. The van der Waals surface area contributed by atoms with Crippen molar-refractivity contribution in [3.8, 4) is 11.5 Å². The van der Waals surface area contributed by atoms with Crippen LogP contribution in [0.2, 0.25) is 0 Å². The van der Waals surface area contributed by atoms with Gasteiger partial charge in [0.1, 0.15) is 0 Å². The van der Waals surface area contributed by atoms with E-state index in [1.165, 1.54) is 26.0 Å². The lowest BCUT2D eigenvalue weighted by Crippen LogP contribution is -2.30. The lowest BCUT2D eigenvalue weighted by Gasteiger charge is -2.14.